The molecule has 1 unspecified atom stereocenters. The van der Waals surface area contributed by atoms with Crippen molar-refractivity contribution in [2.24, 2.45) is 0 Å². The molecule has 2 heterocycles. The molecular formula is C21H26N4O2. The molecule has 1 N–H and O–H groups in total. The number of benzene rings is 1. The Hall–Kier alpha value is -2.86. The van der Waals surface area contributed by atoms with Crippen LogP contribution in [0.3, 0.4) is 0 Å². The van der Waals surface area contributed by atoms with Gasteiger partial charge in [-0.1, -0.05) is 18.2 Å². The van der Waals surface area contributed by atoms with Crippen molar-refractivity contribution in [3.8, 4) is 5.69 Å². The van der Waals surface area contributed by atoms with Gasteiger partial charge in [0, 0.05) is 17.8 Å². The first-order valence-corrected chi connectivity index (χ1v) is 9.04. The number of para-hydroxylation sites is 1. The Morgan fingerprint density at radius 3 is 2.56 bits per heavy atom. The number of nitrogens with one attached hydrogen (secondary N) is 1. The van der Waals surface area contributed by atoms with E-state index in [-0.39, 0.29) is 11.9 Å². The summed E-state index contributed by atoms with van der Waals surface area (Å²) in [6, 6.07) is 13.7. The minimum absolute atomic E-state index is 0.00168. The molecule has 0 saturated heterocycles. The molecule has 0 aliphatic carbocycles. The van der Waals surface area contributed by atoms with E-state index < -0.39 is 0 Å². The highest BCUT2D eigenvalue weighted by atomic mass is 16.3. The van der Waals surface area contributed by atoms with Crippen LogP contribution in [-0.2, 0) is 11.2 Å². The number of carbonyl (C=O) groups is 1. The second kappa shape index (κ2) is 8.22. The topological polar surface area (TPSA) is 63.3 Å². The summed E-state index contributed by atoms with van der Waals surface area (Å²) in [5.41, 5.74) is 3.83. The maximum absolute atomic E-state index is 12.6. The number of likely N-dealkylation sites (N-methyl/N-ethyl adjacent to an activating group) is 1. The summed E-state index contributed by atoms with van der Waals surface area (Å²) in [4.78, 5) is 14.6. The standard InChI is InChI=1S/C21H26N4O2/c1-15-18(16(2)25(23-15)17-9-6-5-7-10-17)13-21(26)22-14-19(24(3)4)20-11-8-12-27-20/h5-12,19H,13-14H2,1-4H3,(H,22,26). The van der Waals surface area contributed by atoms with Gasteiger partial charge in [0.05, 0.1) is 30.1 Å². The van der Waals surface area contributed by atoms with Crippen LogP contribution in [0.4, 0.5) is 0 Å². The van der Waals surface area contributed by atoms with E-state index in [1.807, 2.05) is 80.0 Å². The van der Waals surface area contributed by atoms with Gasteiger partial charge in [-0.25, -0.2) is 4.68 Å². The Kier molecular flexibility index (Phi) is 5.76. The van der Waals surface area contributed by atoms with Gasteiger partial charge in [0.1, 0.15) is 5.76 Å². The maximum atomic E-state index is 12.6. The van der Waals surface area contributed by atoms with Crippen LogP contribution < -0.4 is 5.32 Å². The summed E-state index contributed by atoms with van der Waals surface area (Å²) in [5, 5.41) is 7.64. The van der Waals surface area contributed by atoms with Crippen molar-refractivity contribution in [3.63, 3.8) is 0 Å². The van der Waals surface area contributed by atoms with Crippen LogP contribution in [0, 0.1) is 13.8 Å². The van der Waals surface area contributed by atoms with Crippen LogP contribution in [0.5, 0.6) is 0 Å². The van der Waals surface area contributed by atoms with E-state index in [0.717, 1.165) is 28.4 Å². The lowest BCUT2D eigenvalue weighted by molar-refractivity contribution is -0.120. The fraction of sp³-hybridized carbons (Fsp3) is 0.333. The van der Waals surface area contributed by atoms with Crippen LogP contribution >= 0.6 is 0 Å². The summed E-state index contributed by atoms with van der Waals surface area (Å²) in [6.45, 7) is 4.44. The summed E-state index contributed by atoms with van der Waals surface area (Å²) < 4.78 is 7.38. The molecule has 1 amide bonds. The Bertz CT molecular complexity index is 883. The SMILES string of the molecule is Cc1nn(-c2ccccc2)c(C)c1CC(=O)NCC(c1ccco1)N(C)C. The lowest BCUT2D eigenvalue weighted by atomic mass is 10.1. The first-order valence-electron chi connectivity index (χ1n) is 9.04. The molecule has 0 fully saturated rings. The number of hydrogen-bond acceptors (Lipinski definition) is 4. The molecular weight excluding hydrogens is 340 g/mol. The highest BCUT2D eigenvalue weighted by molar-refractivity contribution is 5.79. The fourth-order valence-electron chi connectivity index (χ4n) is 3.20. The summed E-state index contributed by atoms with van der Waals surface area (Å²) in [6.07, 6.45) is 1.96. The predicted molar refractivity (Wildman–Crippen MR) is 105 cm³/mol. The van der Waals surface area contributed by atoms with Crippen molar-refractivity contribution in [2.45, 2.75) is 26.3 Å². The van der Waals surface area contributed by atoms with Crippen molar-refractivity contribution in [1.29, 1.82) is 0 Å². The van der Waals surface area contributed by atoms with Crippen molar-refractivity contribution < 1.29 is 9.21 Å². The van der Waals surface area contributed by atoms with Crippen molar-refractivity contribution in [1.82, 2.24) is 20.0 Å². The van der Waals surface area contributed by atoms with Gasteiger partial charge in [-0.3, -0.25) is 9.69 Å². The molecule has 27 heavy (non-hydrogen) atoms. The zero-order valence-corrected chi connectivity index (χ0v) is 16.3. The van der Waals surface area contributed by atoms with E-state index in [0.29, 0.717) is 13.0 Å². The Labute approximate surface area is 159 Å². The number of aromatic nitrogens is 2. The molecule has 3 aromatic rings. The van der Waals surface area contributed by atoms with E-state index >= 15 is 0 Å². The molecule has 0 spiro atoms. The van der Waals surface area contributed by atoms with E-state index in [1.54, 1.807) is 6.26 Å². The number of aryl methyl sites for hydroxylation is 1. The number of furan rings is 1. The largest absolute Gasteiger partial charge is 0.468 e. The van der Waals surface area contributed by atoms with Gasteiger partial charge < -0.3 is 9.73 Å². The summed E-state index contributed by atoms with van der Waals surface area (Å²) in [7, 11) is 3.94. The number of rotatable bonds is 7. The first kappa shape index (κ1) is 18.9. The van der Waals surface area contributed by atoms with Crippen LogP contribution in [0.2, 0.25) is 0 Å². The van der Waals surface area contributed by atoms with Gasteiger partial charge in [0.15, 0.2) is 0 Å². The van der Waals surface area contributed by atoms with Crippen LogP contribution in [-0.4, -0.2) is 41.2 Å². The molecule has 0 aliphatic rings. The number of amides is 1. The molecule has 142 valence electrons. The van der Waals surface area contributed by atoms with Crippen LogP contribution in [0.15, 0.2) is 53.1 Å². The molecule has 0 aliphatic heterocycles. The zero-order chi connectivity index (χ0) is 19.4. The van der Waals surface area contributed by atoms with Gasteiger partial charge in [-0.15, -0.1) is 0 Å². The number of carbonyl (C=O) groups excluding carboxylic acids is 1. The second-order valence-electron chi connectivity index (χ2n) is 6.87. The van der Waals surface area contributed by atoms with E-state index in [4.69, 9.17) is 4.42 Å². The molecule has 0 saturated carbocycles. The minimum Gasteiger partial charge on any atom is -0.468 e. The quantitative estimate of drug-likeness (QED) is 0.698. The summed E-state index contributed by atoms with van der Waals surface area (Å²) >= 11 is 0. The number of hydrogen-bond donors (Lipinski definition) is 1. The van der Waals surface area contributed by atoms with Gasteiger partial charge in [-0.05, 0) is 52.2 Å². The molecule has 2 aromatic heterocycles. The molecule has 0 radical (unpaired) electrons. The third-order valence-corrected chi connectivity index (χ3v) is 4.77. The van der Waals surface area contributed by atoms with Crippen LogP contribution in [0.1, 0.15) is 28.8 Å². The molecule has 1 aromatic carbocycles. The van der Waals surface area contributed by atoms with E-state index in [1.165, 1.54) is 0 Å². The van der Waals surface area contributed by atoms with E-state index in [9.17, 15) is 4.79 Å². The van der Waals surface area contributed by atoms with Gasteiger partial charge >= 0.3 is 0 Å². The average molecular weight is 366 g/mol. The Morgan fingerprint density at radius 1 is 1.19 bits per heavy atom. The monoisotopic (exact) mass is 366 g/mol. The zero-order valence-electron chi connectivity index (χ0n) is 16.3. The van der Waals surface area contributed by atoms with E-state index in [2.05, 4.69) is 10.4 Å². The third-order valence-electron chi connectivity index (χ3n) is 4.77. The maximum Gasteiger partial charge on any atom is 0.224 e. The molecule has 3 rings (SSSR count). The predicted octanol–water partition coefficient (Wildman–Crippen LogP) is 3.04. The lowest BCUT2D eigenvalue weighted by Gasteiger charge is -2.22. The first-order chi connectivity index (χ1) is 13.0. The third kappa shape index (κ3) is 4.28. The molecule has 6 heteroatoms. The fourth-order valence-corrected chi connectivity index (χ4v) is 3.20. The van der Waals surface area contributed by atoms with Gasteiger partial charge in [-0.2, -0.15) is 5.10 Å². The minimum atomic E-state index is -0.0211. The van der Waals surface area contributed by atoms with Crippen molar-refractivity contribution in [2.75, 3.05) is 20.6 Å². The van der Waals surface area contributed by atoms with Gasteiger partial charge in [0.2, 0.25) is 5.91 Å². The summed E-state index contributed by atoms with van der Waals surface area (Å²) in [5.74, 6) is 0.816. The molecule has 0 bridgehead atoms. The highest BCUT2D eigenvalue weighted by Gasteiger charge is 2.20. The molecule has 1 atom stereocenters. The molecule has 6 nitrogen and oxygen atoms in total. The van der Waals surface area contributed by atoms with Crippen LogP contribution in [0.25, 0.3) is 5.69 Å². The second-order valence-corrected chi connectivity index (χ2v) is 6.87. The van der Waals surface area contributed by atoms with Gasteiger partial charge in [0.25, 0.3) is 0 Å². The lowest BCUT2D eigenvalue weighted by Crippen LogP contribution is -2.35. The number of nitrogens with zero attached hydrogens (tertiary/aromatic N) is 3. The normalized spacial score (nSPS) is 12.3. The average Bonchev–Trinajstić information content (AvgIpc) is 3.26. The Morgan fingerprint density at radius 2 is 1.93 bits per heavy atom. The van der Waals surface area contributed by atoms with Crippen molar-refractivity contribution >= 4 is 5.91 Å². The van der Waals surface area contributed by atoms with Crippen molar-refractivity contribution in [3.05, 3.63) is 71.4 Å². The smallest absolute Gasteiger partial charge is 0.224 e. The highest BCUT2D eigenvalue weighted by Crippen LogP contribution is 2.20. The Balaban J connectivity index is 1.69.